The van der Waals surface area contributed by atoms with Crippen LogP contribution >= 0.6 is 0 Å². The van der Waals surface area contributed by atoms with E-state index in [1.807, 2.05) is 5.32 Å². The molecule has 17 heavy (non-hydrogen) atoms. The SMILES string of the molecule is NCC(=O)N[C@@H](C(=O)O)[C@@H](O)[C@H](O)[C@H](O)CO. The molecule has 1 amide bonds. The predicted octanol–water partition coefficient (Wildman–Crippen LogP) is -4.41. The summed E-state index contributed by atoms with van der Waals surface area (Å²) < 4.78 is 0. The van der Waals surface area contributed by atoms with Crippen molar-refractivity contribution in [3.8, 4) is 0 Å². The summed E-state index contributed by atoms with van der Waals surface area (Å²) in [6.45, 7) is -1.36. The Kier molecular flexibility index (Phi) is 6.61. The largest absolute Gasteiger partial charge is 0.480 e. The lowest BCUT2D eigenvalue weighted by molar-refractivity contribution is -0.151. The van der Waals surface area contributed by atoms with Crippen LogP contribution in [0.15, 0.2) is 0 Å². The monoisotopic (exact) mass is 252 g/mol. The normalized spacial score (nSPS) is 17.9. The zero-order chi connectivity index (χ0) is 13.6. The van der Waals surface area contributed by atoms with Crippen molar-refractivity contribution in [2.75, 3.05) is 13.2 Å². The predicted molar refractivity (Wildman–Crippen MR) is 53.7 cm³/mol. The van der Waals surface area contributed by atoms with Gasteiger partial charge in [-0.1, -0.05) is 0 Å². The summed E-state index contributed by atoms with van der Waals surface area (Å²) in [5, 5.41) is 46.9. The van der Waals surface area contributed by atoms with E-state index in [-0.39, 0.29) is 0 Å². The van der Waals surface area contributed by atoms with Crippen LogP contribution in [0.1, 0.15) is 0 Å². The average Bonchev–Trinajstić information content (AvgIpc) is 2.32. The maximum Gasteiger partial charge on any atom is 0.329 e. The van der Waals surface area contributed by atoms with Crippen LogP contribution < -0.4 is 11.1 Å². The minimum atomic E-state index is -1.98. The second-order valence-corrected chi connectivity index (χ2v) is 3.32. The van der Waals surface area contributed by atoms with Crippen LogP contribution in [0, 0.1) is 0 Å². The summed E-state index contributed by atoms with van der Waals surface area (Å²) >= 11 is 0. The van der Waals surface area contributed by atoms with Crippen molar-refractivity contribution in [1.29, 1.82) is 0 Å². The number of carboxylic acids is 1. The molecule has 0 saturated heterocycles. The molecule has 0 spiro atoms. The maximum absolute atomic E-state index is 10.9. The molecule has 0 aromatic heterocycles. The number of carboxylic acid groups (broad SMARTS) is 1. The summed E-state index contributed by atoms with van der Waals surface area (Å²) in [5.41, 5.74) is 4.94. The number of hydrogen-bond donors (Lipinski definition) is 7. The van der Waals surface area contributed by atoms with Gasteiger partial charge in [-0.2, -0.15) is 0 Å². The summed E-state index contributed by atoms with van der Waals surface area (Å²) in [6, 6.07) is -1.83. The fourth-order valence-corrected chi connectivity index (χ4v) is 1.06. The highest BCUT2D eigenvalue weighted by molar-refractivity contribution is 5.85. The minimum absolute atomic E-state index is 0.491. The zero-order valence-corrected chi connectivity index (χ0v) is 8.85. The van der Waals surface area contributed by atoms with E-state index in [9.17, 15) is 19.8 Å². The van der Waals surface area contributed by atoms with Gasteiger partial charge in [-0.05, 0) is 0 Å². The second kappa shape index (κ2) is 7.14. The summed E-state index contributed by atoms with van der Waals surface area (Å²) in [4.78, 5) is 21.6. The molecule has 0 radical (unpaired) electrons. The number of nitrogens with two attached hydrogens (primary N) is 1. The first-order valence-corrected chi connectivity index (χ1v) is 4.72. The molecular formula is C8H16N2O7. The van der Waals surface area contributed by atoms with E-state index in [0.29, 0.717) is 0 Å². The Balaban J connectivity index is 4.70. The van der Waals surface area contributed by atoms with Crippen LogP contribution in [0.4, 0.5) is 0 Å². The van der Waals surface area contributed by atoms with E-state index in [1.54, 1.807) is 0 Å². The molecule has 8 N–H and O–H groups in total. The van der Waals surface area contributed by atoms with Crippen molar-refractivity contribution in [2.45, 2.75) is 24.4 Å². The highest BCUT2D eigenvalue weighted by Gasteiger charge is 2.36. The van der Waals surface area contributed by atoms with Crippen LogP contribution in [0.5, 0.6) is 0 Å². The Morgan fingerprint density at radius 1 is 1.18 bits per heavy atom. The number of aliphatic hydroxyl groups is 4. The van der Waals surface area contributed by atoms with E-state index < -0.39 is 49.4 Å². The first-order valence-electron chi connectivity index (χ1n) is 4.72. The van der Waals surface area contributed by atoms with Crippen LogP contribution in [0.3, 0.4) is 0 Å². The van der Waals surface area contributed by atoms with Gasteiger partial charge in [0.15, 0.2) is 6.04 Å². The van der Waals surface area contributed by atoms with Crippen molar-refractivity contribution in [1.82, 2.24) is 5.32 Å². The van der Waals surface area contributed by atoms with Gasteiger partial charge in [-0.15, -0.1) is 0 Å². The molecule has 0 aliphatic carbocycles. The molecule has 0 saturated carbocycles. The molecule has 4 atom stereocenters. The fraction of sp³-hybridized carbons (Fsp3) is 0.750. The van der Waals surface area contributed by atoms with Gasteiger partial charge in [0.25, 0.3) is 0 Å². The van der Waals surface area contributed by atoms with Crippen molar-refractivity contribution in [2.24, 2.45) is 5.73 Å². The molecule has 9 nitrogen and oxygen atoms in total. The van der Waals surface area contributed by atoms with Gasteiger partial charge in [0.2, 0.25) is 5.91 Å². The molecule has 0 aromatic rings. The number of aliphatic hydroxyl groups excluding tert-OH is 4. The third kappa shape index (κ3) is 4.63. The van der Waals surface area contributed by atoms with Crippen molar-refractivity contribution in [3.63, 3.8) is 0 Å². The van der Waals surface area contributed by atoms with Crippen molar-refractivity contribution < 1.29 is 35.1 Å². The van der Waals surface area contributed by atoms with Crippen molar-refractivity contribution in [3.05, 3.63) is 0 Å². The van der Waals surface area contributed by atoms with Crippen LogP contribution in [0.25, 0.3) is 0 Å². The Labute approximate surface area is 96.5 Å². The summed E-state index contributed by atoms with van der Waals surface area (Å²) in [6.07, 6.45) is -5.62. The molecule has 0 aliphatic heterocycles. The number of aliphatic carboxylic acids is 1. The summed E-state index contributed by atoms with van der Waals surface area (Å²) in [7, 11) is 0. The fourth-order valence-electron chi connectivity index (χ4n) is 1.06. The van der Waals surface area contributed by atoms with Crippen LogP contribution in [0.2, 0.25) is 0 Å². The lowest BCUT2D eigenvalue weighted by atomic mass is 10.0. The molecule has 100 valence electrons. The Hall–Kier alpha value is -1.26. The molecule has 0 aromatic carbocycles. The molecule has 0 aliphatic rings. The van der Waals surface area contributed by atoms with Gasteiger partial charge in [0, 0.05) is 0 Å². The van der Waals surface area contributed by atoms with Gasteiger partial charge < -0.3 is 36.6 Å². The third-order valence-electron chi connectivity index (χ3n) is 2.04. The van der Waals surface area contributed by atoms with Crippen LogP contribution in [-0.2, 0) is 9.59 Å². The molecule has 0 heterocycles. The zero-order valence-electron chi connectivity index (χ0n) is 8.85. The maximum atomic E-state index is 10.9. The number of amides is 1. The lowest BCUT2D eigenvalue weighted by Gasteiger charge is -2.26. The van der Waals surface area contributed by atoms with Crippen molar-refractivity contribution >= 4 is 11.9 Å². The standard InChI is InChI=1S/C8H16N2O7/c9-1-4(13)10-5(8(16)17)7(15)6(14)3(12)2-11/h3,5-7,11-12,14-15H,1-2,9H2,(H,10,13)(H,16,17)/t3-,5-,6-,7-/m1/s1. The first kappa shape index (κ1) is 15.7. The first-order chi connectivity index (χ1) is 7.84. The molecule has 0 unspecified atom stereocenters. The summed E-state index contributed by atoms with van der Waals surface area (Å²) in [5.74, 6) is -2.45. The number of rotatable bonds is 7. The minimum Gasteiger partial charge on any atom is -0.480 e. The number of nitrogens with one attached hydrogen (secondary N) is 1. The quantitative estimate of drug-likeness (QED) is 0.238. The molecule has 0 rings (SSSR count). The highest BCUT2D eigenvalue weighted by atomic mass is 16.4. The van der Waals surface area contributed by atoms with Gasteiger partial charge in [-0.25, -0.2) is 4.79 Å². The third-order valence-corrected chi connectivity index (χ3v) is 2.04. The van der Waals surface area contributed by atoms with E-state index in [2.05, 4.69) is 0 Å². The Bertz CT molecular complexity index is 273. The number of hydrogen-bond acceptors (Lipinski definition) is 7. The highest BCUT2D eigenvalue weighted by Crippen LogP contribution is 2.05. The average molecular weight is 252 g/mol. The van der Waals surface area contributed by atoms with Gasteiger partial charge in [0.1, 0.15) is 18.3 Å². The van der Waals surface area contributed by atoms with E-state index in [0.717, 1.165) is 0 Å². The lowest BCUT2D eigenvalue weighted by Crippen LogP contribution is -2.57. The van der Waals surface area contributed by atoms with E-state index in [4.69, 9.17) is 21.1 Å². The number of carbonyl (C=O) groups excluding carboxylic acids is 1. The number of carbonyl (C=O) groups is 2. The Morgan fingerprint density at radius 3 is 2.06 bits per heavy atom. The molecule has 0 bridgehead atoms. The molecular weight excluding hydrogens is 236 g/mol. The molecule has 0 fully saturated rings. The smallest absolute Gasteiger partial charge is 0.329 e. The van der Waals surface area contributed by atoms with E-state index in [1.165, 1.54) is 0 Å². The van der Waals surface area contributed by atoms with Gasteiger partial charge >= 0.3 is 5.97 Å². The van der Waals surface area contributed by atoms with E-state index >= 15 is 0 Å². The van der Waals surface area contributed by atoms with Gasteiger partial charge in [-0.3, -0.25) is 4.79 Å². The van der Waals surface area contributed by atoms with Gasteiger partial charge in [0.05, 0.1) is 13.2 Å². The Morgan fingerprint density at radius 2 is 1.71 bits per heavy atom. The molecule has 9 heteroatoms. The second-order valence-electron chi connectivity index (χ2n) is 3.32. The van der Waals surface area contributed by atoms with Crippen LogP contribution in [-0.4, -0.2) is 74.9 Å². The topological polar surface area (TPSA) is 173 Å².